The first kappa shape index (κ1) is 124. The molecule has 0 fully saturated rings. The molecule has 2 amide bonds. The van der Waals surface area contributed by atoms with Gasteiger partial charge >= 0.3 is 0 Å². The van der Waals surface area contributed by atoms with Gasteiger partial charge in [0.05, 0.1) is 39.0 Å². The Morgan fingerprint density at radius 2 is 0.681 bits per heavy atom. The van der Waals surface area contributed by atoms with Gasteiger partial charge in [-0.05, 0) is 210 Å². The molecular weight excluding hydrogens is 1720 g/mol. The van der Waals surface area contributed by atoms with Crippen LogP contribution in [0.1, 0.15) is 269 Å². The molecule has 1 aliphatic carbocycles. The maximum absolute atomic E-state index is 10.9. The summed E-state index contributed by atoms with van der Waals surface area (Å²) < 4.78 is 21.3. The van der Waals surface area contributed by atoms with Crippen LogP contribution in [0.4, 0.5) is 22.7 Å². The van der Waals surface area contributed by atoms with Gasteiger partial charge in [0.1, 0.15) is 23.0 Å². The monoisotopic (exact) mass is 1890 g/mol. The number of nitrogens with zero attached hydrogens (tertiary/aromatic N) is 3. The molecule has 0 atom stereocenters. The van der Waals surface area contributed by atoms with E-state index in [-0.39, 0.29) is 11.8 Å². The molecule has 750 valence electrons. The predicted octanol–water partition coefficient (Wildman–Crippen LogP) is 31.5. The number of aryl methyl sites for hydroxylation is 5. The van der Waals surface area contributed by atoms with Crippen molar-refractivity contribution in [3.05, 3.63) is 363 Å². The van der Waals surface area contributed by atoms with Crippen LogP contribution in [0, 0.1) is 0 Å². The highest BCUT2D eigenvalue weighted by Gasteiger charge is 2.18. The predicted molar refractivity (Wildman–Crippen MR) is 602 cm³/mol. The van der Waals surface area contributed by atoms with Crippen LogP contribution in [0.5, 0.6) is 23.0 Å². The number of nitrogens with one attached hydrogen (secondary N) is 5. The van der Waals surface area contributed by atoms with Crippen molar-refractivity contribution in [2.24, 2.45) is 4.99 Å². The first-order chi connectivity index (χ1) is 68.4. The lowest BCUT2D eigenvalue weighted by molar-refractivity contribution is -0.116. The van der Waals surface area contributed by atoms with Crippen LogP contribution < -0.4 is 45.5 Å². The van der Waals surface area contributed by atoms with E-state index in [9.17, 15) is 9.59 Å². The maximum Gasteiger partial charge on any atom is 0.228 e. The fraction of sp³-hybridized carbons (Fsp3) is 0.407. The number of hydrogen-bond acceptors (Lipinski definition) is 13. The number of rotatable bonds is 0. The zero-order valence-corrected chi connectivity index (χ0v) is 90.0. The van der Waals surface area contributed by atoms with E-state index in [2.05, 4.69) is 199 Å². The van der Waals surface area contributed by atoms with Gasteiger partial charge in [0.2, 0.25) is 11.8 Å². The fourth-order valence-corrected chi connectivity index (χ4v) is 15.7. The molecule has 0 unspecified atom stereocenters. The number of ether oxygens (including phenoxy) is 4. The highest BCUT2D eigenvalue weighted by Crippen LogP contribution is 2.32. The SMILES string of the molecule is C1=NCCc2ccccc21.CC.CC.CC.CC.CC.CC.CC.CC.CC.CC.CC.CC.O=C1CCc2ccccc2N1.O=C1Cc2ccccc2N1.c1cc2c(cn1)OCC2.c1ccc2c(c1)CCCO2.c1ccc2c(c1)CCN2.c1ccc2c(c1)CCN2.c1ccc2c(c1)CCNC2.c1ccc2c(c1)CCO2.c1ccc2c(c1)CCO2.c1ccc2c(c1)CCS2.c1cnc2c(c1)CCC2. The van der Waals surface area contributed by atoms with Crippen molar-refractivity contribution >= 4 is 52.5 Å². The first-order valence-corrected chi connectivity index (χ1v) is 53.4. The molecule has 0 bridgehead atoms. The van der Waals surface area contributed by atoms with Gasteiger partial charge in [0.15, 0.2) is 0 Å². The van der Waals surface area contributed by atoms with Gasteiger partial charge in [-0.25, -0.2) is 0 Å². The smallest absolute Gasteiger partial charge is 0.228 e. The molecule has 24 rings (SSSR count). The molecule has 0 spiro atoms. The largest absolute Gasteiger partial charge is 0.493 e. The summed E-state index contributed by atoms with van der Waals surface area (Å²) in [4.78, 5) is 35.6. The summed E-state index contributed by atoms with van der Waals surface area (Å²) in [5.41, 5.74) is 25.2. The molecule has 12 aliphatic rings. The molecule has 5 N–H and O–H groups in total. The Kier molecular flexibility index (Phi) is 75.1. The summed E-state index contributed by atoms with van der Waals surface area (Å²) in [6, 6.07) is 89.1. The number of thioether (sulfide) groups is 1. The molecule has 14 nitrogen and oxygen atoms in total. The second kappa shape index (κ2) is 83.4. The first-order valence-electron chi connectivity index (χ1n) is 52.4. The van der Waals surface area contributed by atoms with E-state index in [4.69, 9.17) is 18.9 Å². The van der Waals surface area contributed by atoms with E-state index in [0.29, 0.717) is 12.8 Å². The molecule has 11 aliphatic heterocycles. The summed E-state index contributed by atoms with van der Waals surface area (Å²) in [5, 5.41) is 15.5. The van der Waals surface area contributed by atoms with E-state index in [1.165, 1.54) is 151 Å². The van der Waals surface area contributed by atoms with Crippen molar-refractivity contribution in [3.8, 4) is 23.0 Å². The van der Waals surface area contributed by atoms with Gasteiger partial charge in [-0.15, -0.1) is 11.8 Å². The van der Waals surface area contributed by atoms with Crippen LogP contribution in [0.15, 0.2) is 289 Å². The Balaban J connectivity index is 0.000000738. The summed E-state index contributed by atoms with van der Waals surface area (Å²) >= 11 is 1.97. The van der Waals surface area contributed by atoms with E-state index < -0.39 is 0 Å². The molecule has 12 aromatic rings. The lowest BCUT2D eigenvalue weighted by Crippen LogP contribution is -2.23. The lowest BCUT2D eigenvalue weighted by atomic mass is 10.0. The standard InChI is InChI=1S/C9H9NO.C9H11N.C9H9N.C9H10O.C8H7NO.3C8H9N.2C8H8O.C8H8S.C7H7NO.12C2H6/c11-9-6-5-7-3-1-2-4-8(7)10-9;2*1-2-4-9-7-10-6-5-8(9)3-1;1-2-6-9-8(4-1)5-3-7-10-9;10-8-5-6-3-1-2-4-7(6)9-8;1-3-7-4-2-6-9-8(7)5-1;5*1-2-4-8-7(3-1)5-6-9-8;1-3-8-5-7-6(1)2-4-9-7;12*1-2/h1-4H,5-6H2,(H,10,11);1-4,10H,5-7H2;1-4,7H,5-6H2;1-2,4,6H,3,5,7H2;1-4H,5H2,(H,9,10);2,4,6H,1,3,5H2;2*1-4,9H,5-6H2;3*1-4H,5-6H2;1,3,5H,2,4H2;12*1-2H3. The highest BCUT2D eigenvalue weighted by molar-refractivity contribution is 7.99. The van der Waals surface area contributed by atoms with E-state index in [1.54, 1.807) is 12.4 Å². The fourth-order valence-electron chi connectivity index (χ4n) is 14.7. The van der Waals surface area contributed by atoms with Gasteiger partial charge in [0, 0.05) is 115 Å². The third-order valence-electron chi connectivity index (χ3n) is 20.8. The Bertz CT molecular complexity index is 4320. The van der Waals surface area contributed by atoms with Gasteiger partial charge in [-0.1, -0.05) is 366 Å². The molecule has 138 heavy (non-hydrogen) atoms. The molecule has 13 heterocycles. The minimum atomic E-state index is 0.0983. The number of para-hydroxylation sites is 7. The van der Waals surface area contributed by atoms with Crippen LogP contribution in [0.25, 0.3) is 0 Å². The Labute approximate surface area is 841 Å². The van der Waals surface area contributed by atoms with Gasteiger partial charge in [-0.3, -0.25) is 24.5 Å². The van der Waals surface area contributed by atoms with Crippen LogP contribution in [-0.4, -0.2) is 86.4 Å². The Morgan fingerprint density at radius 1 is 0.283 bits per heavy atom. The quantitative estimate of drug-likeness (QED) is 0.0976. The summed E-state index contributed by atoms with van der Waals surface area (Å²) in [6.45, 7) is 56.8. The van der Waals surface area contributed by atoms with Gasteiger partial charge in [0.25, 0.3) is 0 Å². The molecule has 0 saturated carbocycles. The number of carbonyl (C=O) groups excluding carboxylic acids is 2. The highest BCUT2D eigenvalue weighted by atomic mass is 32.2. The van der Waals surface area contributed by atoms with E-state index in [1.807, 2.05) is 293 Å². The molecule has 15 heteroatoms. The number of hydrogen-bond donors (Lipinski definition) is 5. The van der Waals surface area contributed by atoms with Gasteiger partial charge < -0.3 is 45.5 Å². The molecule has 0 saturated heterocycles. The van der Waals surface area contributed by atoms with Crippen molar-refractivity contribution in [1.29, 1.82) is 0 Å². The number of pyridine rings is 2. The minimum Gasteiger partial charge on any atom is -0.493 e. The number of benzene rings is 10. The maximum atomic E-state index is 10.9. The molecule has 2 aromatic heterocycles. The number of carbonyl (C=O) groups is 2. The van der Waals surface area contributed by atoms with Crippen LogP contribution >= 0.6 is 11.8 Å². The van der Waals surface area contributed by atoms with Crippen LogP contribution in [0.3, 0.4) is 0 Å². The zero-order valence-electron chi connectivity index (χ0n) is 89.2. The van der Waals surface area contributed by atoms with Crippen LogP contribution in [0.2, 0.25) is 0 Å². The van der Waals surface area contributed by atoms with E-state index in [0.717, 1.165) is 138 Å². The lowest BCUT2D eigenvalue weighted by Gasteiger charge is -2.15. The van der Waals surface area contributed by atoms with Crippen molar-refractivity contribution < 1.29 is 28.5 Å². The second-order valence-electron chi connectivity index (χ2n) is 28.7. The third-order valence-corrected chi connectivity index (χ3v) is 21.9. The molecule has 0 radical (unpaired) electrons. The second-order valence-corrected chi connectivity index (χ2v) is 29.8. The van der Waals surface area contributed by atoms with Crippen molar-refractivity contribution in [3.63, 3.8) is 0 Å². The third kappa shape index (κ3) is 47.0. The average Bonchev–Trinajstić information content (AvgIpc) is 1.09. The van der Waals surface area contributed by atoms with E-state index >= 15 is 0 Å². The van der Waals surface area contributed by atoms with Gasteiger partial charge in [-0.2, -0.15) is 0 Å². The number of anilines is 4. The topological polar surface area (TPSA) is 169 Å². The number of amides is 2. The number of aliphatic imine (C=N–C) groups is 1. The molecular formula is C123H176N8O6S. The minimum absolute atomic E-state index is 0.0983. The summed E-state index contributed by atoms with van der Waals surface area (Å²) in [6.07, 6.45) is 24.6. The van der Waals surface area contributed by atoms with Crippen molar-refractivity contribution in [1.82, 2.24) is 15.3 Å². The normalized spacial score (nSPS) is 13.0. The number of fused-ring (bicyclic) bond motifs is 12. The zero-order chi connectivity index (χ0) is 102. The Morgan fingerprint density at radius 3 is 1.17 bits per heavy atom. The van der Waals surface area contributed by atoms with Crippen molar-refractivity contribution in [2.75, 3.05) is 79.6 Å². The van der Waals surface area contributed by atoms with Crippen molar-refractivity contribution in [2.45, 2.75) is 280 Å². The number of aromatic nitrogens is 2. The average molecular weight is 1890 g/mol. The summed E-state index contributed by atoms with van der Waals surface area (Å²) in [5.74, 6) is 5.67. The molecule has 10 aromatic carbocycles. The van der Waals surface area contributed by atoms with Crippen LogP contribution in [-0.2, 0) is 99.6 Å². The Hall–Kier alpha value is -11.8. The summed E-state index contributed by atoms with van der Waals surface area (Å²) in [7, 11) is 0.